The van der Waals surface area contributed by atoms with E-state index in [1.165, 1.54) is 22.5 Å². The maximum atomic E-state index is 6.01. The molecule has 3 nitrogen and oxygen atoms in total. The average Bonchev–Trinajstić information content (AvgIpc) is 3.09. The number of imidazole rings is 1. The highest BCUT2D eigenvalue weighted by Gasteiger charge is 2.19. The summed E-state index contributed by atoms with van der Waals surface area (Å²) < 4.78 is 2.23. The van der Waals surface area contributed by atoms with E-state index in [1.54, 1.807) is 0 Å². The Morgan fingerprint density at radius 3 is 2.19 bits per heavy atom. The largest absolute Gasteiger partial charge is 0.330 e. The van der Waals surface area contributed by atoms with Crippen molar-refractivity contribution in [3.8, 4) is 22.4 Å². The van der Waals surface area contributed by atoms with E-state index in [2.05, 4.69) is 85.0 Å². The molecule has 2 N–H and O–H groups in total. The third kappa shape index (κ3) is 2.80. The summed E-state index contributed by atoms with van der Waals surface area (Å²) in [4.78, 5) is 4.92. The van der Waals surface area contributed by atoms with Crippen LogP contribution in [0, 0.1) is 6.92 Å². The molecule has 3 heteroatoms. The van der Waals surface area contributed by atoms with Crippen LogP contribution >= 0.6 is 0 Å². The fourth-order valence-electron chi connectivity index (χ4n) is 3.51. The van der Waals surface area contributed by atoms with E-state index in [0.29, 0.717) is 6.54 Å². The van der Waals surface area contributed by atoms with Crippen LogP contribution in [0.15, 0.2) is 72.8 Å². The molecule has 26 heavy (non-hydrogen) atoms. The number of nitrogens with two attached hydrogens (primary N) is 1. The third-order valence-electron chi connectivity index (χ3n) is 4.96. The summed E-state index contributed by atoms with van der Waals surface area (Å²) in [6.07, 6.45) is 0. The van der Waals surface area contributed by atoms with Gasteiger partial charge < -0.3 is 10.1 Å². The van der Waals surface area contributed by atoms with Crippen LogP contribution in [0.5, 0.6) is 0 Å². The molecule has 0 radical (unpaired) electrons. The fourth-order valence-corrected chi connectivity index (χ4v) is 3.51. The zero-order chi connectivity index (χ0) is 18.1. The third-order valence-corrected chi connectivity index (χ3v) is 4.96. The predicted octanol–water partition coefficient (Wildman–Crippen LogP) is 5.04. The lowest BCUT2D eigenvalue weighted by atomic mass is 9.99. The minimum atomic E-state index is 0.231. The molecule has 0 aliphatic rings. The van der Waals surface area contributed by atoms with Crippen molar-refractivity contribution in [2.24, 2.45) is 5.73 Å². The van der Waals surface area contributed by atoms with Gasteiger partial charge in [0.2, 0.25) is 0 Å². The van der Waals surface area contributed by atoms with E-state index in [1.807, 2.05) is 6.07 Å². The molecule has 1 unspecified atom stereocenters. The van der Waals surface area contributed by atoms with E-state index in [9.17, 15) is 0 Å². The molecule has 0 saturated heterocycles. The Labute approximate surface area is 154 Å². The SMILES string of the molecule is Cc1cccc2nc(-c3ccc(-c4ccccc4)cc3)c(C(C)CN)n12. The van der Waals surface area contributed by atoms with Crippen molar-refractivity contribution in [2.45, 2.75) is 19.8 Å². The van der Waals surface area contributed by atoms with Crippen molar-refractivity contribution < 1.29 is 0 Å². The molecule has 0 aliphatic carbocycles. The molecule has 2 aromatic heterocycles. The Kier molecular flexibility index (Phi) is 4.31. The van der Waals surface area contributed by atoms with Crippen LogP contribution in [0.3, 0.4) is 0 Å². The summed E-state index contributed by atoms with van der Waals surface area (Å²) in [5.41, 5.74) is 13.9. The van der Waals surface area contributed by atoms with Crippen LogP contribution < -0.4 is 5.73 Å². The van der Waals surface area contributed by atoms with Gasteiger partial charge >= 0.3 is 0 Å². The minimum absolute atomic E-state index is 0.231. The zero-order valence-electron chi connectivity index (χ0n) is 15.2. The van der Waals surface area contributed by atoms with Crippen molar-refractivity contribution in [2.75, 3.05) is 6.54 Å². The second-order valence-electron chi connectivity index (χ2n) is 6.79. The molecule has 2 aromatic carbocycles. The van der Waals surface area contributed by atoms with Crippen LogP contribution in [0.2, 0.25) is 0 Å². The molecular weight excluding hydrogens is 318 g/mol. The molecule has 0 amide bonds. The topological polar surface area (TPSA) is 43.3 Å². The van der Waals surface area contributed by atoms with Gasteiger partial charge in [-0.15, -0.1) is 0 Å². The van der Waals surface area contributed by atoms with E-state index in [-0.39, 0.29) is 5.92 Å². The van der Waals surface area contributed by atoms with Crippen LogP contribution in [0.1, 0.15) is 24.2 Å². The normalized spacial score (nSPS) is 12.4. The number of pyridine rings is 1. The van der Waals surface area contributed by atoms with Crippen molar-refractivity contribution in [1.29, 1.82) is 0 Å². The van der Waals surface area contributed by atoms with Gasteiger partial charge in [-0.1, -0.05) is 67.6 Å². The maximum absolute atomic E-state index is 6.01. The molecule has 4 aromatic rings. The Hall–Kier alpha value is -2.91. The first-order chi connectivity index (χ1) is 12.7. The van der Waals surface area contributed by atoms with Crippen molar-refractivity contribution >= 4 is 5.65 Å². The first kappa shape index (κ1) is 16.6. The van der Waals surface area contributed by atoms with E-state index < -0.39 is 0 Å². The van der Waals surface area contributed by atoms with Gasteiger partial charge in [-0.2, -0.15) is 0 Å². The summed E-state index contributed by atoms with van der Waals surface area (Å²) >= 11 is 0. The Bertz CT molecular complexity index is 1030. The lowest BCUT2D eigenvalue weighted by Crippen LogP contribution is -2.12. The zero-order valence-corrected chi connectivity index (χ0v) is 15.2. The van der Waals surface area contributed by atoms with Gasteiger partial charge in [0.15, 0.2) is 0 Å². The summed E-state index contributed by atoms with van der Waals surface area (Å²) in [5, 5.41) is 0. The van der Waals surface area contributed by atoms with Gasteiger partial charge in [0.05, 0.1) is 11.4 Å². The number of nitrogens with zero attached hydrogens (tertiary/aromatic N) is 2. The van der Waals surface area contributed by atoms with E-state index in [0.717, 1.165) is 16.9 Å². The number of hydrogen-bond donors (Lipinski definition) is 1. The number of hydrogen-bond acceptors (Lipinski definition) is 2. The maximum Gasteiger partial charge on any atom is 0.137 e. The van der Waals surface area contributed by atoms with Gasteiger partial charge in [0, 0.05) is 23.7 Å². The monoisotopic (exact) mass is 341 g/mol. The molecule has 0 saturated carbocycles. The quantitative estimate of drug-likeness (QED) is 0.565. The highest BCUT2D eigenvalue weighted by molar-refractivity contribution is 5.72. The van der Waals surface area contributed by atoms with Gasteiger partial charge in [0.25, 0.3) is 0 Å². The molecule has 130 valence electrons. The number of aromatic nitrogens is 2. The highest BCUT2D eigenvalue weighted by atomic mass is 15.0. The number of benzene rings is 2. The summed E-state index contributed by atoms with van der Waals surface area (Å²) in [5.74, 6) is 0.231. The molecule has 4 rings (SSSR count). The molecule has 0 fully saturated rings. The average molecular weight is 341 g/mol. The predicted molar refractivity (Wildman–Crippen MR) is 108 cm³/mol. The van der Waals surface area contributed by atoms with Gasteiger partial charge in [-0.3, -0.25) is 0 Å². The summed E-state index contributed by atoms with van der Waals surface area (Å²) in [6.45, 7) is 4.87. The second kappa shape index (κ2) is 6.77. The minimum Gasteiger partial charge on any atom is -0.330 e. The van der Waals surface area contributed by atoms with Gasteiger partial charge in [0.1, 0.15) is 5.65 Å². The summed E-state index contributed by atoms with van der Waals surface area (Å²) in [7, 11) is 0. The van der Waals surface area contributed by atoms with Gasteiger partial charge in [-0.25, -0.2) is 4.98 Å². The molecule has 2 heterocycles. The van der Waals surface area contributed by atoms with Gasteiger partial charge in [-0.05, 0) is 30.2 Å². The number of fused-ring (bicyclic) bond motifs is 1. The number of aryl methyl sites for hydroxylation is 1. The Morgan fingerprint density at radius 1 is 0.846 bits per heavy atom. The highest BCUT2D eigenvalue weighted by Crippen LogP contribution is 2.32. The molecule has 0 aliphatic heterocycles. The van der Waals surface area contributed by atoms with Crippen LogP contribution in [-0.2, 0) is 0 Å². The first-order valence-electron chi connectivity index (χ1n) is 9.03. The lowest BCUT2D eigenvalue weighted by molar-refractivity contribution is 0.733. The molecule has 1 atom stereocenters. The van der Waals surface area contributed by atoms with Crippen LogP contribution in [0.4, 0.5) is 0 Å². The van der Waals surface area contributed by atoms with Crippen LogP contribution in [0.25, 0.3) is 28.0 Å². The van der Waals surface area contributed by atoms with E-state index >= 15 is 0 Å². The van der Waals surface area contributed by atoms with E-state index in [4.69, 9.17) is 10.7 Å². The standard InChI is InChI=1S/C23H23N3/c1-16(15-24)23-22(25-21-10-6-7-17(2)26(21)23)20-13-11-19(12-14-20)18-8-4-3-5-9-18/h3-14,16H,15,24H2,1-2H3. The second-order valence-corrected chi connectivity index (χ2v) is 6.79. The molecule has 0 spiro atoms. The Balaban J connectivity index is 1.85. The van der Waals surface area contributed by atoms with Crippen molar-refractivity contribution in [3.63, 3.8) is 0 Å². The Morgan fingerprint density at radius 2 is 1.50 bits per heavy atom. The smallest absolute Gasteiger partial charge is 0.137 e. The molecular formula is C23H23N3. The fraction of sp³-hybridized carbons (Fsp3) is 0.174. The number of rotatable bonds is 4. The first-order valence-corrected chi connectivity index (χ1v) is 9.03. The van der Waals surface area contributed by atoms with Crippen LogP contribution in [-0.4, -0.2) is 15.9 Å². The van der Waals surface area contributed by atoms with Crippen molar-refractivity contribution in [3.05, 3.63) is 84.2 Å². The lowest BCUT2D eigenvalue weighted by Gasteiger charge is -2.13. The molecule has 0 bridgehead atoms. The summed E-state index contributed by atoms with van der Waals surface area (Å²) in [6, 6.07) is 25.3. The van der Waals surface area contributed by atoms with Crippen molar-refractivity contribution in [1.82, 2.24) is 9.38 Å².